The molecule has 2 aliphatic heterocycles. The third-order valence-corrected chi connectivity index (χ3v) is 7.03. The summed E-state index contributed by atoms with van der Waals surface area (Å²) in [7, 11) is 0. The lowest BCUT2D eigenvalue weighted by Gasteiger charge is -2.41. The Labute approximate surface area is 205 Å². The van der Waals surface area contributed by atoms with E-state index in [0.29, 0.717) is 63.6 Å². The SMILES string of the molecule is Cc1oc2cc(Oc3ccnn4cc(C(=O)N5C[C@H](F)[C@H]5C)c(C)c34)ccc2c1C(=O)NC1COC1. The largest absolute Gasteiger partial charge is 0.460 e. The van der Waals surface area contributed by atoms with Crippen molar-refractivity contribution in [2.45, 2.75) is 39.0 Å². The Kier molecular flexibility index (Phi) is 5.22. The highest BCUT2D eigenvalue weighted by Gasteiger charge is 2.40. The van der Waals surface area contributed by atoms with Gasteiger partial charge in [0.1, 0.15) is 28.8 Å². The van der Waals surface area contributed by atoms with Crippen LogP contribution in [0.1, 0.15) is 39.0 Å². The van der Waals surface area contributed by atoms with Gasteiger partial charge >= 0.3 is 0 Å². The number of hydrogen-bond donors (Lipinski definition) is 1. The molecule has 186 valence electrons. The number of fused-ring (bicyclic) bond motifs is 2. The number of nitrogens with one attached hydrogen (secondary N) is 1. The normalized spacial score (nSPS) is 19.8. The van der Waals surface area contributed by atoms with E-state index in [1.807, 2.05) is 6.92 Å². The van der Waals surface area contributed by atoms with Crippen LogP contribution in [0.3, 0.4) is 0 Å². The molecule has 9 nitrogen and oxygen atoms in total. The Hall–Kier alpha value is -3.92. The number of carbonyl (C=O) groups is 2. The van der Waals surface area contributed by atoms with Crippen LogP contribution in [-0.4, -0.2) is 64.3 Å². The van der Waals surface area contributed by atoms with Crippen molar-refractivity contribution in [2.24, 2.45) is 0 Å². The van der Waals surface area contributed by atoms with Gasteiger partial charge in [0.25, 0.3) is 11.8 Å². The van der Waals surface area contributed by atoms with Crippen LogP contribution in [0.5, 0.6) is 11.5 Å². The zero-order valence-electron chi connectivity index (χ0n) is 20.1. The molecule has 6 rings (SSSR count). The van der Waals surface area contributed by atoms with E-state index in [1.54, 1.807) is 55.0 Å². The highest BCUT2D eigenvalue weighted by molar-refractivity contribution is 6.07. The van der Waals surface area contributed by atoms with E-state index >= 15 is 0 Å². The summed E-state index contributed by atoms with van der Waals surface area (Å²) in [6.07, 6.45) is 2.24. The van der Waals surface area contributed by atoms with Crippen LogP contribution in [0, 0.1) is 13.8 Å². The van der Waals surface area contributed by atoms with Gasteiger partial charge in [0.05, 0.1) is 49.2 Å². The average molecular weight is 493 g/mol. The van der Waals surface area contributed by atoms with Crippen molar-refractivity contribution >= 4 is 28.3 Å². The van der Waals surface area contributed by atoms with E-state index in [4.69, 9.17) is 13.9 Å². The molecule has 10 heteroatoms. The molecule has 2 aliphatic rings. The summed E-state index contributed by atoms with van der Waals surface area (Å²) in [4.78, 5) is 27.3. The summed E-state index contributed by atoms with van der Waals surface area (Å²) in [5.74, 6) is 1.12. The Morgan fingerprint density at radius 2 is 2.03 bits per heavy atom. The summed E-state index contributed by atoms with van der Waals surface area (Å²) < 4.78 is 32.4. The molecule has 0 spiro atoms. The molecule has 36 heavy (non-hydrogen) atoms. The predicted octanol–water partition coefficient (Wildman–Crippen LogP) is 3.80. The van der Waals surface area contributed by atoms with Gasteiger partial charge in [-0.3, -0.25) is 9.59 Å². The zero-order chi connectivity index (χ0) is 25.1. The van der Waals surface area contributed by atoms with Gasteiger partial charge in [0.2, 0.25) is 0 Å². The fourth-order valence-electron chi connectivity index (χ4n) is 4.76. The number of likely N-dealkylation sites (tertiary alicyclic amines) is 1. The summed E-state index contributed by atoms with van der Waals surface area (Å²) in [5.41, 5.74) is 2.83. The van der Waals surface area contributed by atoms with Gasteiger partial charge in [-0.2, -0.15) is 5.10 Å². The number of aromatic nitrogens is 2. The monoisotopic (exact) mass is 492 g/mol. The Morgan fingerprint density at radius 3 is 2.72 bits per heavy atom. The number of carbonyl (C=O) groups excluding carboxylic acids is 2. The molecule has 5 heterocycles. The van der Waals surface area contributed by atoms with Gasteiger partial charge in [0.15, 0.2) is 5.75 Å². The second kappa shape index (κ2) is 8.34. The molecular formula is C26H25FN4O5. The first kappa shape index (κ1) is 22.5. The summed E-state index contributed by atoms with van der Waals surface area (Å²) in [5, 5.41) is 7.97. The van der Waals surface area contributed by atoms with E-state index in [-0.39, 0.29) is 24.4 Å². The highest BCUT2D eigenvalue weighted by Crippen LogP contribution is 2.35. The maximum atomic E-state index is 13.6. The van der Waals surface area contributed by atoms with Crippen LogP contribution in [0.25, 0.3) is 16.5 Å². The maximum absolute atomic E-state index is 13.6. The van der Waals surface area contributed by atoms with Gasteiger partial charge in [-0.05, 0) is 38.5 Å². The number of nitrogens with zero attached hydrogens (tertiary/aromatic N) is 3. The summed E-state index contributed by atoms with van der Waals surface area (Å²) in [6, 6.07) is 6.59. The number of hydrogen-bond acceptors (Lipinski definition) is 6. The second-order valence-corrected chi connectivity index (χ2v) is 9.37. The number of rotatable bonds is 5. The Bertz CT molecular complexity index is 1520. The minimum atomic E-state index is -0.998. The van der Waals surface area contributed by atoms with Crippen molar-refractivity contribution in [2.75, 3.05) is 19.8 Å². The number of benzene rings is 1. The average Bonchev–Trinajstić information content (AvgIpc) is 3.35. The molecule has 0 bridgehead atoms. The maximum Gasteiger partial charge on any atom is 0.256 e. The highest BCUT2D eigenvalue weighted by atomic mass is 19.1. The van der Waals surface area contributed by atoms with Crippen molar-refractivity contribution in [3.05, 3.63) is 59.1 Å². The number of halogens is 1. The second-order valence-electron chi connectivity index (χ2n) is 9.37. The van der Waals surface area contributed by atoms with Crippen molar-refractivity contribution in [3.8, 4) is 11.5 Å². The number of furan rings is 1. The lowest BCUT2D eigenvalue weighted by Crippen LogP contribution is -2.58. The molecule has 3 aromatic heterocycles. The molecule has 0 aliphatic carbocycles. The van der Waals surface area contributed by atoms with E-state index in [9.17, 15) is 14.0 Å². The van der Waals surface area contributed by atoms with E-state index in [2.05, 4.69) is 10.4 Å². The molecule has 0 unspecified atom stereocenters. The van der Waals surface area contributed by atoms with Crippen LogP contribution in [0.2, 0.25) is 0 Å². The minimum Gasteiger partial charge on any atom is -0.460 e. The first-order chi connectivity index (χ1) is 17.3. The molecule has 4 aromatic rings. The van der Waals surface area contributed by atoms with Crippen molar-refractivity contribution in [3.63, 3.8) is 0 Å². The number of ether oxygens (including phenoxy) is 2. The molecule has 2 atom stereocenters. The molecule has 1 N–H and O–H groups in total. The van der Waals surface area contributed by atoms with Crippen LogP contribution < -0.4 is 10.1 Å². The van der Waals surface area contributed by atoms with Crippen molar-refractivity contribution in [1.82, 2.24) is 19.8 Å². The minimum absolute atomic E-state index is 0.0170. The van der Waals surface area contributed by atoms with Gasteiger partial charge in [-0.25, -0.2) is 8.91 Å². The lowest BCUT2D eigenvalue weighted by molar-refractivity contribution is -0.00346. The zero-order valence-corrected chi connectivity index (χ0v) is 20.1. The van der Waals surface area contributed by atoms with Gasteiger partial charge < -0.3 is 24.1 Å². The fraction of sp³-hybridized carbons (Fsp3) is 0.346. The predicted molar refractivity (Wildman–Crippen MR) is 128 cm³/mol. The molecule has 0 saturated carbocycles. The Morgan fingerprint density at radius 1 is 1.22 bits per heavy atom. The van der Waals surface area contributed by atoms with Crippen LogP contribution in [0.4, 0.5) is 4.39 Å². The van der Waals surface area contributed by atoms with Crippen LogP contribution >= 0.6 is 0 Å². The van der Waals surface area contributed by atoms with Crippen molar-refractivity contribution < 1.29 is 27.9 Å². The van der Waals surface area contributed by atoms with Gasteiger partial charge in [0, 0.05) is 23.7 Å². The van der Waals surface area contributed by atoms with Crippen LogP contribution in [-0.2, 0) is 4.74 Å². The lowest BCUT2D eigenvalue weighted by atomic mass is 10.0. The van der Waals surface area contributed by atoms with Gasteiger partial charge in [-0.1, -0.05) is 0 Å². The number of amides is 2. The third-order valence-electron chi connectivity index (χ3n) is 7.03. The summed E-state index contributed by atoms with van der Waals surface area (Å²) >= 11 is 0. The smallest absolute Gasteiger partial charge is 0.256 e. The van der Waals surface area contributed by atoms with Crippen molar-refractivity contribution in [1.29, 1.82) is 0 Å². The first-order valence-electron chi connectivity index (χ1n) is 11.8. The quantitative estimate of drug-likeness (QED) is 0.455. The Balaban J connectivity index is 1.30. The molecule has 1 aromatic carbocycles. The van der Waals surface area contributed by atoms with Gasteiger partial charge in [-0.15, -0.1) is 0 Å². The first-order valence-corrected chi connectivity index (χ1v) is 11.8. The molecule has 2 amide bonds. The topological polar surface area (TPSA) is 98.3 Å². The molecule has 2 fully saturated rings. The molecular weight excluding hydrogens is 467 g/mol. The van der Waals surface area contributed by atoms with E-state index < -0.39 is 12.2 Å². The number of alkyl halides is 1. The van der Waals surface area contributed by atoms with E-state index in [0.717, 1.165) is 0 Å². The fourth-order valence-corrected chi connectivity index (χ4v) is 4.76. The summed E-state index contributed by atoms with van der Waals surface area (Å²) in [6.45, 7) is 6.40. The van der Waals surface area contributed by atoms with Crippen LogP contribution in [0.15, 0.2) is 41.1 Å². The molecule has 2 saturated heterocycles. The molecule has 0 radical (unpaired) electrons. The number of aryl methyl sites for hydroxylation is 2. The third kappa shape index (κ3) is 3.51. The standard InChI is InChI=1S/C26H25FN4O5/c1-13-19(26(33)30-10-20(27)14(30)2)9-31-24(13)21(6-7-28-31)36-17-4-5-18-22(8-17)35-15(3)23(18)25(32)29-16-11-34-12-16/h4-9,14,16,20H,10-12H2,1-3H3,(H,29,32)/t14-,20+/m1/s1. The van der Waals surface area contributed by atoms with E-state index in [1.165, 1.54) is 4.90 Å².